The molecule has 0 radical (unpaired) electrons. The molecule has 0 saturated heterocycles. The van der Waals surface area contributed by atoms with Crippen LogP contribution in [0.25, 0.3) is 10.9 Å². The maximum atomic E-state index is 14.0. The molecular formula is C26H22ClNO2S. The Morgan fingerprint density at radius 1 is 0.935 bits per heavy atom. The molecule has 1 aliphatic rings. The standard InChI is InChI=1S/C26H22ClNO2S/c1-18-11-14-21(15-12-18)31(29,30)28-25-17-20(27)13-16-23(25)24-10-6-5-9-22(26(24)28)19-7-3-2-4-8-19/h2-8,11-17,22H,9-10H2,1H3. The Hall–Kier alpha value is -2.82. The van der Waals surface area contributed by atoms with Gasteiger partial charge in [-0.25, -0.2) is 12.4 Å². The maximum Gasteiger partial charge on any atom is 0.268 e. The van der Waals surface area contributed by atoms with E-state index in [0.717, 1.165) is 34.2 Å². The van der Waals surface area contributed by atoms with Crippen molar-refractivity contribution in [3.05, 3.63) is 112 Å². The molecule has 1 atom stereocenters. The Balaban J connectivity index is 1.87. The molecule has 0 N–H and O–H groups in total. The molecule has 0 amide bonds. The van der Waals surface area contributed by atoms with Crippen molar-refractivity contribution in [1.82, 2.24) is 3.97 Å². The first kappa shape index (κ1) is 20.1. The fraction of sp³-hybridized carbons (Fsp3) is 0.154. The van der Waals surface area contributed by atoms with Crippen LogP contribution in [-0.2, 0) is 16.4 Å². The minimum Gasteiger partial charge on any atom is -0.237 e. The number of nitrogens with zero attached hydrogens (tertiary/aromatic N) is 1. The van der Waals surface area contributed by atoms with Crippen LogP contribution in [0.1, 0.15) is 34.7 Å². The lowest BCUT2D eigenvalue weighted by Gasteiger charge is -2.20. The minimum atomic E-state index is -3.82. The molecule has 0 bridgehead atoms. The quantitative estimate of drug-likeness (QED) is 0.337. The molecule has 5 heteroatoms. The van der Waals surface area contributed by atoms with Crippen LogP contribution in [0.2, 0.25) is 5.02 Å². The van der Waals surface area contributed by atoms with Gasteiger partial charge in [0.05, 0.1) is 10.4 Å². The highest BCUT2D eigenvalue weighted by Gasteiger charge is 2.32. The third-order valence-electron chi connectivity index (χ3n) is 5.98. The van der Waals surface area contributed by atoms with E-state index in [1.54, 1.807) is 22.2 Å². The molecule has 1 aliphatic carbocycles. The van der Waals surface area contributed by atoms with Crippen molar-refractivity contribution < 1.29 is 8.42 Å². The van der Waals surface area contributed by atoms with E-state index in [4.69, 9.17) is 11.6 Å². The summed E-state index contributed by atoms with van der Waals surface area (Å²) in [6.45, 7) is 1.95. The van der Waals surface area contributed by atoms with E-state index in [-0.39, 0.29) is 10.8 Å². The second-order valence-corrected chi connectivity index (χ2v) is 10.2. The Morgan fingerprint density at radius 2 is 1.68 bits per heavy atom. The van der Waals surface area contributed by atoms with Crippen LogP contribution < -0.4 is 0 Å². The van der Waals surface area contributed by atoms with E-state index in [0.29, 0.717) is 17.0 Å². The molecule has 3 aromatic carbocycles. The van der Waals surface area contributed by atoms with Crippen molar-refractivity contribution in [1.29, 1.82) is 0 Å². The van der Waals surface area contributed by atoms with E-state index in [2.05, 4.69) is 24.3 Å². The molecule has 0 fully saturated rings. The summed E-state index contributed by atoms with van der Waals surface area (Å²) >= 11 is 6.33. The lowest BCUT2D eigenvalue weighted by Crippen LogP contribution is -2.19. The number of benzene rings is 3. The average molecular weight is 448 g/mol. The van der Waals surface area contributed by atoms with E-state index in [1.807, 2.05) is 49.4 Å². The minimum absolute atomic E-state index is 0.0682. The molecule has 1 aromatic heterocycles. The second kappa shape index (κ2) is 7.70. The molecule has 4 aromatic rings. The Kier molecular flexibility index (Phi) is 4.99. The van der Waals surface area contributed by atoms with Gasteiger partial charge >= 0.3 is 0 Å². The number of hydrogen-bond acceptors (Lipinski definition) is 2. The van der Waals surface area contributed by atoms with E-state index < -0.39 is 10.0 Å². The zero-order chi connectivity index (χ0) is 21.6. The molecular weight excluding hydrogens is 426 g/mol. The summed E-state index contributed by atoms with van der Waals surface area (Å²) in [5, 5.41) is 1.45. The van der Waals surface area contributed by atoms with Crippen molar-refractivity contribution in [2.45, 2.75) is 30.6 Å². The summed E-state index contributed by atoms with van der Waals surface area (Å²) in [6, 6.07) is 22.7. The summed E-state index contributed by atoms with van der Waals surface area (Å²) in [4.78, 5) is 0.279. The van der Waals surface area contributed by atoms with E-state index >= 15 is 0 Å². The van der Waals surface area contributed by atoms with Gasteiger partial charge in [-0.15, -0.1) is 0 Å². The number of aromatic nitrogens is 1. The lowest BCUT2D eigenvalue weighted by atomic mass is 9.91. The van der Waals surface area contributed by atoms with Crippen LogP contribution in [0.4, 0.5) is 0 Å². The maximum absolute atomic E-state index is 14.0. The van der Waals surface area contributed by atoms with Gasteiger partial charge in [0.15, 0.2) is 0 Å². The third-order valence-corrected chi connectivity index (χ3v) is 7.96. The molecule has 31 heavy (non-hydrogen) atoms. The van der Waals surface area contributed by atoms with Crippen molar-refractivity contribution >= 4 is 32.5 Å². The van der Waals surface area contributed by atoms with Crippen molar-refractivity contribution in [3.63, 3.8) is 0 Å². The average Bonchev–Trinajstić information content (AvgIpc) is 2.93. The van der Waals surface area contributed by atoms with Gasteiger partial charge in [-0.2, -0.15) is 0 Å². The van der Waals surface area contributed by atoms with E-state index in [9.17, 15) is 8.42 Å². The van der Waals surface area contributed by atoms with Gasteiger partial charge in [0.1, 0.15) is 0 Å². The molecule has 1 unspecified atom stereocenters. The summed E-state index contributed by atoms with van der Waals surface area (Å²) in [7, 11) is -3.82. The van der Waals surface area contributed by atoms with Crippen LogP contribution in [0.5, 0.6) is 0 Å². The van der Waals surface area contributed by atoms with Crippen LogP contribution >= 0.6 is 11.6 Å². The second-order valence-electron chi connectivity index (χ2n) is 7.98. The van der Waals surface area contributed by atoms with Crippen molar-refractivity contribution in [2.75, 3.05) is 0 Å². The first-order valence-electron chi connectivity index (χ1n) is 10.3. The largest absolute Gasteiger partial charge is 0.268 e. The van der Waals surface area contributed by atoms with Crippen LogP contribution in [0.3, 0.4) is 0 Å². The zero-order valence-corrected chi connectivity index (χ0v) is 18.7. The van der Waals surface area contributed by atoms with Crippen LogP contribution in [0, 0.1) is 6.92 Å². The molecule has 156 valence electrons. The monoisotopic (exact) mass is 447 g/mol. The summed E-state index contributed by atoms with van der Waals surface area (Å²) < 4.78 is 29.5. The predicted molar refractivity (Wildman–Crippen MR) is 126 cm³/mol. The van der Waals surface area contributed by atoms with Crippen LogP contribution in [-0.4, -0.2) is 12.4 Å². The predicted octanol–water partition coefficient (Wildman–Crippen LogP) is 6.47. The molecule has 1 heterocycles. The van der Waals surface area contributed by atoms with Gasteiger partial charge < -0.3 is 0 Å². The van der Waals surface area contributed by atoms with Gasteiger partial charge in [-0.05, 0) is 55.2 Å². The molecule has 0 aliphatic heterocycles. The number of aryl methyl sites for hydroxylation is 1. The highest BCUT2D eigenvalue weighted by molar-refractivity contribution is 7.90. The molecule has 0 spiro atoms. The SMILES string of the molecule is Cc1ccc(S(=O)(=O)n2c3c(c4ccc(Cl)cc42)CC=CCC3c2ccccc2)cc1. The molecule has 5 rings (SSSR count). The first-order valence-corrected chi connectivity index (χ1v) is 12.1. The molecule has 0 saturated carbocycles. The number of allylic oxidation sites excluding steroid dienone is 2. The van der Waals surface area contributed by atoms with E-state index in [1.165, 1.54) is 0 Å². The summed E-state index contributed by atoms with van der Waals surface area (Å²) in [6.07, 6.45) is 5.72. The highest BCUT2D eigenvalue weighted by Crippen LogP contribution is 2.41. The lowest BCUT2D eigenvalue weighted by molar-refractivity contribution is 0.585. The Labute approximate surface area is 187 Å². The van der Waals surface area contributed by atoms with Crippen molar-refractivity contribution in [2.24, 2.45) is 0 Å². The van der Waals surface area contributed by atoms with Gasteiger partial charge in [0, 0.05) is 22.0 Å². The summed E-state index contributed by atoms with van der Waals surface area (Å²) in [5.41, 5.74) is 4.63. The Morgan fingerprint density at radius 3 is 2.42 bits per heavy atom. The first-order chi connectivity index (χ1) is 15.0. The zero-order valence-electron chi connectivity index (χ0n) is 17.1. The van der Waals surface area contributed by atoms with Gasteiger partial charge in [0.25, 0.3) is 10.0 Å². The highest BCUT2D eigenvalue weighted by atomic mass is 35.5. The smallest absolute Gasteiger partial charge is 0.237 e. The fourth-order valence-electron chi connectivity index (χ4n) is 4.48. The van der Waals surface area contributed by atoms with Gasteiger partial charge in [-0.3, -0.25) is 0 Å². The van der Waals surface area contributed by atoms with Gasteiger partial charge in [-0.1, -0.05) is 77.8 Å². The topological polar surface area (TPSA) is 39.1 Å². The third kappa shape index (κ3) is 3.40. The molecule has 3 nitrogen and oxygen atoms in total. The van der Waals surface area contributed by atoms with Crippen molar-refractivity contribution in [3.8, 4) is 0 Å². The number of halogens is 1. The Bertz CT molecular complexity index is 1400. The van der Waals surface area contributed by atoms with Gasteiger partial charge in [0.2, 0.25) is 0 Å². The normalized spacial score (nSPS) is 16.3. The number of fused-ring (bicyclic) bond motifs is 3. The number of rotatable bonds is 3. The fourth-order valence-corrected chi connectivity index (χ4v) is 6.25. The van der Waals surface area contributed by atoms with Crippen LogP contribution in [0.15, 0.2) is 89.8 Å². The number of hydrogen-bond donors (Lipinski definition) is 0. The summed E-state index contributed by atoms with van der Waals surface area (Å²) in [5.74, 6) is -0.0682.